The summed E-state index contributed by atoms with van der Waals surface area (Å²) in [7, 11) is 0. The molecular weight excluding hydrogens is 171 g/mol. The van der Waals surface area contributed by atoms with Crippen LogP contribution < -0.4 is 4.74 Å². The normalized spacial score (nSPS) is 26.3. The number of halogens is 1. The maximum absolute atomic E-state index is 13.9. The summed E-state index contributed by atoms with van der Waals surface area (Å²) in [5.74, 6) is 0.305. The van der Waals surface area contributed by atoms with Crippen LogP contribution in [-0.4, -0.2) is 11.7 Å². The molecule has 1 unspecified atom stereocenters. The van der Waals surface area contributed by atoms with Crippen LogP contribution in [0.4, 0.5) is 4.39 Å². The van der Waals surface area contributed by atoms with Crippen molar-refractivity contribution in [1.29, 1.82) is 0 Å². The highest BCUT2D eigenvalue weighted by molar-refractivity contribution is 5.49. The summed E-state index contributed by atoms with van der Waals surface area (Å²) in [5, 5.41) is 9.40. The molecule has 3 heteroatoms. The first-order chi connectivity index (χ1) is 6.11. The monoisotopic (exact) mass is 182 g/mol. The average molecular weight is 182 g/mol. The minimum absolute atomic E-state index is 0.0149. The van der Waals surface area contributed by atoms with Crippen LogP contribution in [0.15, 0.2) is 18.2 Å². The van der Waals surface area contributed by atoms with Gasteiger partial charge in [0.1, 0.15) is 5.67 Å². The number of rotatable bonds is 0. The molecular formula is C10H11FO2. The van der Waals surface area contributed by atoms with Crippen molar-refractivity contribution in [2.75, 3.05) is 6.61 Å². The Kier molecular flexibility index (Phi) is 1.68. The summed E-state index contributed by atoms with van der Waals surface area (Å²) < 4.78 is 19.1. The predicted molar refractivity (Wildman–Crippen MR) is 46.7 cm³/mol. The van der Waals surface area contributed by atoms with Crippen molar-refractivity contribution in [2.45, 2.75) is 19.0 Å². The van der Waals surface area contributed by atoms with Gasteiger partial charge in [0.2, 0.25) is 0 Å². The zero-order chi connectivity index (χ0) is 9.47. The number of hydrogen-bond donors (Lipinski definition) is 1. The lowest BCUT2D eigenvalue weighted by atomic mass is 9.92. The van der Waals surface area contributed by atoms with Crippen LogP contribution in [-0.2, 0) is 5.67 Å². The van der Waals surface area contributed by atoms with Crippen molar-refractivity contribution in [3.8, 4) is 11.5 Å². The van der Waals surface area contributed by atoms with Crippen molar-refractivity contribution in [2.24, 2.45) is 0 Å². The summed E-state index contributed by atoms with van der Waals surface area (Å²) in [6, 6.07) is 4.77. The van der Waals surface area contributed by atoms with Crippen LogP contribution in [0.5, 0.6) is 11.5 Å². The quantitative estimate of drug-likeness (QED) is 0.667. The van der Waals surface area contributed by atoms with Crippen molar-refractivity contribution in [3.63, 3.8) is 0 Å². The highest BCUT2D eigenvalue weighted by atomic mass is 19.1. The van der Waals surface area contributed by atoms with E-state index < -0.39 is 5.67 Å². The first-order valence-electron chi connectivity index (χ1n) is 4.25. The standard InChI is InChI=1S/C10H11FO2/c1-10(11)5-6-13-9-7(10)3-2-4-8(9)12/h2-4,12H,5-6H2,1H3. The van der Waals surface area contributed by atoms with Gasteiger partial charge in [-0.25, -0.2) is 4.39 Å². The number of phenolic OH excluding ortho intramolecular Hbond substituents is 1. The van der Waals surface area contributed by atoms with E-state index in [-0.39, 0.29) is 5.75 Å². The molecule has 2 nitrogen and oxygen atoms in total. The smallest absolute Gasteiger partial charge is 0.167 e. The fourth-order valence-electron chi connectivity index (χ4n) is 1.57. The molecule has 13 heavy (non-hydrogen) atoms. The summed E-state index contributed by atoms with van der Waals surface area (Å²) in [6.07, 6.45) is 0.337. The maximum Gasteiger partial charge on any atom is 0.167 e. The second-order valence-electron chi connectivity index (χ2n) is 3.45. The molecule has 1 aliphatic rings. The van der Waals surface area contributed by atoms with Gasteiger partial charge >= 0.3 is 0 Å². The molecule has 0 spiro atoms. The van der Waals surface area contributed by atoms with E-state index in [9.17, 15) is 9.50 Å². The number of alkyl halides is 1. The lowest BCUT2D eigenvalue weighted by Gasteiger charge is -2.28. The highest BCUT2D eigenvalue weighted by Gasteiger charge is 2.34. The summed E-state index contributed by atoms with van der Waals surface area (Å²) in [5.41, 5.74) is -0.939. The number of fused-ring (bicyclic) bond motifs is 1. The Morgan fingerprint density at radius 2 is 2.31 bits per heavy atom. The third-order valence-corrected chi connectivity index (χ3v) is 2.37. The molecule has 1 N–H and O–H groups in total. The van der Waals surface area contributed by atoms with Crippen molar-refractivity contribution < 1.29 is 14.2 Å². The predicted octanol–water partition coefficient (Wildman–Crippen LogP) is 2.36. The maximum atomic E-state index is 13.9. The zero-order valence-electron chi connectivity index (χ0n) is 7.38. The average Bonchev–Trinajstić information content (AvgIpc) is 2.06. The summed E-state index contributed by atoms with van der Waals surface area (Å²) in [6.45, 7) is 1.82. The van der Waals surface area contributed by atoms with Crippen LogP contribution in [0.1, 0.15) is 18.9 Å². The van der Waals surface area contributed by atoms with Gasteiger partial charge < -0.3 is 9.84 Å². The van der Waals surface area contributed by atoms with Crippen molar-refractivity contribution in [1.82, 2.24) is 0 Å². The van der Waals surface area contributed by atoms with Crippen LogP contribution in [0.25, 0.3) is 0 Å². The first kappa shape index (κ1) is 8.35. The van der Waals surface area contributed by atoms with E-state index >= 15 is 0 Å². The van der Waals surface area contributed by atoms with Gasteiger partial charge in [-0.1, -0.05) is 12.1 Å². The molecule has 0 saturated carbocycles. The molecule has 1 aromatic carbocycles. The van der Waals surface area contributed by atoms with E-state index in [4.69, 9.17) is 4.74 Å². The van der Waals surface area contributed by atoms with E-state index in [1.165, 1.54) is 13.0 Å². The van der Waals surface area contributed by atoms with E-state index in [0.29, 0.717) is 24.3 Å². The Hall–Kier alpha value is -1.25. The number of para-hydroxylation sites is 1. The number of ether oxygens (including phenoxy) is 1. The molecule has 0 aliphatic carbocycles. The van der Waals surface area contributed by atoms with Gasteiger partial charge in [0.15, 0.2) is 11.5 Å². The summed E-state index contributed by atoms with van der Waals surface area (Å²) >= 11 is 0. The third kappa shape index (κ3) is 1.24. The molecule has 0 aromatic heterocycles. The number of hydrogen-bond acceptors (Lipinski definition) is 2. The van der Waals surface area contributed by atoms with Crippen molar-refractivity contribution in [3.05, 3.63) is 23.8 Å². The molecule has 0 saturated heterocycles. The van der Waals surface area contributed by atoms with Crippen LogP contribution in [0, 0.1) is 0 Å². The highest BCUT2D eigenvalue weighted by Crippen LogP contribution is 2.43. The Labute approximate surface area is 76.0 Å². The molecule has 1 aromatic rings. The number of benzene rings is 1. The topological polar surface area (TPSA) is 29.5 Å². The number of aromatic hydroxyl groups is 1. The van der Waals surface area contributed by atoms with E-state index in [2.05, 4.69) is 0 Å². The Bertz CT molecular complexity index is 334. The Morgan fingerprint density at radius 1 is 1.54 bits per heavy atom. The third-order valence-electron chi connectivity index (χ3n) is 2.37. The van der Waals surface area contributed by atoms with Crippen LogP contribution >= 0.6 is 0 Å². The second-order valence-corrected chi connectivity index (χ2v) is 3.45. The SMILES string of the molecule is CC1(F)CCOc2c(O)cccc21. The Morgan fingerprint density at radius 3 is 3.00 bits per heavy atom. The first-order valence-corrected chi connectivity index (χ1v) is 4.25. The van der Waals surface area contributed by atoms with Crippen LogP contribution in [0.2, 0.25) is 0 Å². The van der Waals surface area contributed by atoms with Gasteiger partial charge in [0.05, 0.1) is 6.61 Å². The van der Waals surface area contributed by atoms with Gasteiger partial charge in [-0.2, -0.15) is 0 Å². The fourth-order valence-corrected chi connectivity index (χ4v) is 1.57. The zero-order valence-corrected chi connectivity index (χ0v) is 7.38. The fraction of sp³-hybridized carbons (Fsp3) is 0.400. The lowest BCUT2D eigenvalue weighted by Crippen LogP contribution is -2.25. The minimum Gasteiger partial charge on any atom is -0.504 e. The molecule has 0 amide bonds. The van der Waals surface area contributed by atoms with Gasteiger partial charge in [-0.15, -0.1) is 0 Å². The van der Waals surface area contributed by atoms with Crippen LogP contribution in [0.3, 0.4) is 0 Å². The van der Waals surface area contributed by atoms with Crippen molar-refractivity contribution >= 4 is 0 Å². The molecule has 1 heterocycles. The van der Waals surface area contributed by atoms with E-state index in [1.807, 2.05) is 0 Å². The molecule has 0 fully saturated rings. The number of phenols is 1. The largest absolute Gasteiger partial charge is 0.504 e. The van der Waals surface area contributed by atoms with Gasteiger partial charge in [0, 0.05) is 12.0 Å². The second kappa shape index (κ2) is 2.62. The minimum atomic E-state index is -1.38. The molecule has 0 bridgehead atoms. The molecule has 2 rings (SSSR count). The molecule has 1 atom stereocenters. The van der Waals surface area contributed by atoms with Gasteiger partial charge in [0.25, 0.3) is 0 Å². The van der Waals surface area contributed by atoms with E-state index in [1.54, 1.807) is 12.1 Å². The summed E-state index contributed by atoms with van der Waals surface area (Å²) in [4.78, 5) is 0. The van der Waals surface area contributed by atoms with Gasteiger partial charge in [-0.3, -0.25) is 0 Å². The van der Waals surface area contributed by atoms with Gasteiger partial charge in [-0.05, 0) is 13.0 Å². The lowest BCUT2D eigenvalue weighted by molar-refractivity contribution is 0.107. The Balaban J connectivity index is 2.58. The molecule has 70 valence electrons. The molecule has 0 radical (unpaired) electrons. The van der Waals surface area contributed by atoms with E-state index in [0.717, 1.165) is 0 Å². The molecule has 1 aliphatic heterocycles.